The Labute approximate surface area is 196 Å². The molecule has 0 saturated heterocycles. The zero-order valence-electron chi connectivity index (χ0n) is 18.4. The standard InChI is InChI=1S/C26H23NO5S/c1-29-19-9-8-17-22(24(19)30-2)26(28)27-11-10-15-12-20-21(32-14-31-20)13-18(15)25(23(17)27)33-16-6-4-3-5-7-16/h3-9,12-13,23,25H,10-11,14H2,1-2H3/t23-,25-/m1/s1. The van der Waals surface area contributed by atoms with Crippen molar-refractivity contribution in [3.05, 3.63) is 76.9 Å². The van der Waals surface area contributed by atoms with Crippen molar-refractivity contribution in [3.8, 4) is 23.0 Å². The summed E-state index contributed by atoms with van der Waals surface area (Å²) in [5, 5.41) is -0.0253. The van der Waals surface area contributed by atoms with E-state index in [9.17, 15) is 4.79 Å². The van der Waals surface area contributed by atoms with Crippen LogP contribution in [0, 0.1) is 0 Å². The van der Waals surface area contributed by atoms with Crippen LogP contribution < -0.4 is 18.9 Å². The Morgan fingerprint density at radius 1 is 0.970 bits per heavy atom. The smallest absolute Gasteiger partial charge is 0.258 e. The fourth-order valence-electron chi connectivity index (χ4n) is 5.08. The maximum Gasteiger partial charge on any atom is 0.258 e. The van der Waals surface area contributed by atoms with Gasteiger partial charge in [0, 0.05) is 11.4 Å². The number of thioether (sulfide) groups is 1. The highest BCUT2D eigenvalue weighted by atomic mass is 32.2. The first-order valence-electron chi connectivity index (χ1n) is 10.9. The molecule has 3 heterocycles. The third-order valence-corrected chi connectivity index (χ3v) is 7.87. The van der Waals surface area contributed by atoms with E-state index >= 15 is 0 Å². The molecule has 6 nitrogen and oxygen atoms in total. The van der Waals surface area contributed by atoms with Crippen molar-refractivity contribution in [3.63, 3.8) is 0 Å². The quantitative estimate of drug-likeness (QED) is 0.544. The van der Waals surface area contributed by atoms with Crippen LogP contribution >= 0.6 is 11.8 Å². The highest BCUT2D eigenvalue weighted by molar-refractivity contribution is 7.99. The molecule has 2 atom stereocenters. The molecule has 0 aliphatic carbocycles. The van der Waals surface area contributed by atoms with Crippen LogP contribution in [-0.2, 0) is 6.42 Å². The van der Waals surface area contributed by atoms with E-state index in [2.05, 4.69) is 24.3 Å². The SMILES string of the molecule is COc1ccc2c(c1OC)C(=O)N1CCc3cc4c(cc3[C@@H](Sc3ccccc3)[C@@H]21)OCO4. The molecule has 3 aromatic carbocycles. The van der Waals surface area contributed by atoms with Crippen molar-refractivity contribution in [2.45, 2.75) is 22.6 Å². The summed E-state index contributed by atoms with van der Waals surface area (Å²) in [5.74, 6) is 2.59. The van der Waals surface area contributed by atoms with Crippen LogP contribution in [0.5, 0.6) is 23.0 Å². The molecule has 3 aliphatic heterocycles. The van der Waals surface area contributed by atoms with Gasteiger partial charge >= 0.3 is 0 Å². The van der Waals surface area contributed by atoms with Gasteiger partial charge in [-0.2, -0.15) is 0 Å². The van der Waals surface area contributed by atoms with Gasteiger partial charge in [0.25, 0.3) is 5.91 Å². The van der Waals surface area contributed by atoms with Crippen molar-refractivity contribution in [1.82, 2.24) is 4.90 Å². The molecule has 1 amide bonds. The molecule has 3 aromatic rings. The molecular formula is C26H23NO5S. The number of benzene rings is 3. The molecule has 168 valence electrons. The number of fused-ring (bicyclic) bond motifs is 5. The lowest BCUT2D eigenvalue weighted by Gasteiger charge is -2.30. The van der Waals surface area contributed by atoms with Crippen LogP contribution in [0.3, 0.4) is 0 Å². The third kappa shape index (κ3) is 3.14. The lowest BCUT2D eigenvalue weighted by Crippen LogP contribution is -2.30. The van der Waals surface area contributed by atoms with E-state index in [1.54, 1.807) is 26.0 Å². The second-order valence-corrected chi connectivity index (χ2v) is 9.43. The first-order valence-corrected chi connectivity index (χ1v) is 11.8. The zero-order valence-corrected chi connectivity index (χ0v) is 19.2. The Hall–Kier alpha value is -3.32. The number of carbonyl (C=O) groups is 1. The molecule has 0 fully saturated rings. The molecule has 0 aromatic heterocycles. The summed E-state index contributed by atoms with van der Waals surface area (Å²) < 4.78 is 22.5. The number of nitrogens with zero attached hydrogens (tertiary/aromatic N) is 1. The summed E-state index contributed by atoms with van der Waals surface area (Å²) in [6.07, 6.45) is 0.744. The van der Waals surface area contributed by atoms with Gasteiger partial charge in [0.05, 0.1) is 31.1 Å². The van der Waals surface area contributed by atoms with E-state index in [1.807, 2.05) is 35.2 Å². The minimum absolute atomic E-state index is 0.0164. The minimum atomic E-state index is -0.140. The van der Waals surface area contributed by atoms with E-state index < -0.39 is 0 Å². The average Bonchev–Trinajstić information content (AvgIpc) is 3.37. The molecule has 0 N–H and O–H groups in total. The summed E-state index contributed by atoms with van der Waals surface area (Å²) in [6.45, 7) is 0.852. The highest BCUT2D eigenvalue weighted by Gasteiger charge is 2.46. The molecule has 6 rings (SSSR count). The zero-order chi connectivity index (χ0) is 22.5. The topological polar surface area (TPSA) is 57.2 Å². The Morgan fingerprint density at radius 2 is 1.76 bits per heavy atom. The number of carbonyl (C=O) groups excluding carboxylic acids is 1. The van der Waals surface area contributed by atoms with Gasteiger partial charge < -0.3 is 23.8 Å². The second-order valence-electron chi connectivity index (χ2n) is 8.21. The van der Waals surface area contributed by atoms with Gasteiger partial charge in [-0.05, 0) is 53.4 Å². The Balaban J connectivity index is 1.55. The summed E-state index contributed by atoms with van der Waals surface area (Å²) >= 11 is 1.77. The average molecular weight is 462 g/mol. The van der Waals surface area contributed by atoms with Crippen molar-refractivity contribution in [2.75, 3.05) is 27.6 Å². The van der Waals surface area contributed by atoms with Gasteiger partial charge in [-0.25, -0.2) is 0 Å². The number of amides is 1. The van der Waals surface area contributed by atoms with E-state index in [-0.39, 0.29) is 24.0 Å². The number of hydrogen-bond donors (Lipinski definition) is 0. The normalized spacial score (nSPS) is 20.1. The summed E-state index contributed by atoms with van der Waals surface area (Å²) in [5.41, 5.74) is 3.94. The number of methoxy groups -OCH3 is 2. The van der Waals surface area contributed by atoms with Crippen LogP contribution in [0.4, 0.5) is 0 Å². The van der Waals surface area contributed by atoms with Crippen LogP contribution in [-0.4, -0.2) is 38.4 Å². The molecule has 0 spiro atoms. The molecule has 0 unspecified atom stereocenters. The first-order chi connectivity index (χ1) is 16.2. The molecule has 0 saturated carbocycles. The maximum absolute atomic E-state index is 13.7. The molecule has 0 bridgehead atoms. The number of ether oxygens (including phenoxy) is 4. The van der Waals surface area contributed by atoms with Crippen LogP contribution in [0.15, 0.2) is 59.5 Å². The molecular weight excluding hydrogens is 438 g/mol. The fraction of sp³-hybridized carbons (Fsp3) is 0.269. The van der Waals surface area contributed by atoms with Gasteiger partial charge in [0.15, 0.2) is 23.0 Å². The van der Waals surface area contributed by atoms with Gasteiger partial charge in [0.1, 0.15) is 0 Å². The van der Waals surface area contributed by atoms with Crippen LogP contribution in [0.25, 0.3) is 0 Å². The van der Waals surface area contributed by atoms with Gasteiger partial charge in [-0.1, -0.05) is 24.3 Å². The van der Waals surface area contributed by atoms with Crippen LogP contribution in [0.2, 0.25) is 0 Å². The van der Waals surface area contributed by atoms with E-state index in [1.165, 1.54) is 11.1 Å². The van der Waals surface area contributed by atoms with Crippen molar-refractivity contribution in [1.29, 1.82) is 0 Å². The number of hydrogen-bond acceptors (Lipinski definition) is 6. The minimum Gasteiger partial charge on any atom is -0.493 e. The fourth-order valence-corrected chi connectivity index (χ4v) is 6.46. The molecule has 3 aliphatic rings. The first kappa shape index (κ1) is 20.3. The van der Waals surface area contributed by atoms with Gasteiger partial charge in [-0.15, -0.1) is 11.8 Å². The molecule has 7 heteroatoms. The molecule has 33 heavy (non-hydrogen) atoms. The predicted molar refractivity (Wildman–Crippen MR) is 125 cm³/mol. The summed E-state index contributed by atoms with van der Waals surface area (Å²) in [6, 6.07) is 18.3. The summed E-state index contributed by atoms with van der Waals surface area (Å²) in [7, 11) is 3.18. The van der Waals surface area contributed by atoms with Crippen molar-refractivity contribution >= 4 is 17.7 Å². The maximum atomic E-state index is 13.7. The van der Waals surface area contributed by atoms with Gasteiger partial charge in [0.2, 0.25) is 6.79 Å². The monoisotopic (exact) mass is 461 g/mol. The largest absolute Gasteiger partial charge is 0.493 e. The van der Waals surface area contributed by atoms with E-state index in [0.29, 0.717) is 23.6 Å². The Morgan fingerprint density at radius 3 is 2.52 bits per heavy atom. The lowest BCUT2D eigenvalue weighted by molar-refractivity contribution is 0.0728. The van der Waals surface area contributed by atoms with E-state index in [0.717, 1.165) is 28.4 Å². The second kappa shape index (κ2) is 7.92. The van der Waals surface area contributed by atoms with Crippen molar-refractivity contribution < 1.29 is 23.7 Å². The lowest BCUT2D eigenvalue weighted by atomic mass is 9.94. The predicted octanol–water partition coefficient (Wildman–Crippen LogP) is 5.02. The van der Waals surface area contributed by atoms with Gasteiger partial charge in [-0.3, -0.25) is 4.79 Å². The Bertz CT molecular complexity index is 1250. The number of rotatable bonds is 4. The third-order valence-electron chi connectivity index (χ3n) is 6.56. The molecule has 0 radical (unpaired) electrons. The summed E-state index contributed by atoms with van der Waals surface area (Å²) in [4.78, 5) is 16.8. The van der Waals surface area contributed by atoms with Crippen molar-refractivity contribution in [2.24, 2.45) is 0 Å². The highest BCUT2D eigenvalue weighted by Crippen LogP contribution is 2.56. The van der Waals surface area contributed by atoms with E-state index in [4.69, 9.17) is 18.9 Å². The Kier molecular flexibility index (Phi) is 4.87. The van der Waals surface area contributed by atoms with Crippen LogP contribution in [0.1, 0.15) is 38.3 Å².